The maximum atomic E-state index is 10.0. The van der Waals surface area contributed by atoms with Gasteiger partial charge in [-0.05, 0) is 36.1 Å². The van der Waals surface area contributed by atoms with E-state index in [4.69, 9.17) is 10.00 Å². The van der Waals surface area contributed by atoms with Gasteiger partial charge in [-0.25, -0.2) is 0 Å². The van der Waals surface area contributed by atoms with Gasteiger partial charge in [0.2, 0.25) is 0 Å². The van der Waals surface area contributed by atoms with Crippen molar-refractivity contribution < 1.29 is 9.84 Å². The number of phenolic OH excluding ortho intramolecular Hbond substituents is 1. The molecule has 1 saturated carbocycles. The third-order valence-corrected chi connectivity index (χ3v) is 4.75. The van der Waals surface area contributed by atoms with Gasteiger partial charge in [0.15, 0.2) is 11.5 Å². The van der Waals surface area contributed by atoms with Crippen LogP contribution in [0.15, 0.2) is 12.1 Å². The van der Waals surface area contributed by atoms with Gasteiger partial charge in [-0.1, -0.05) is 12.8 Å². The molecule has 0 aromatic heterocycles. The van der Waals surface area contributed by atoms with Gasteiger partial charge in [-0.15, -0.1) is 0 Å². The first-order chi connectivity index (χ1) is 9.68. The zero-order valence-electron chi connectivity index (χ0n) is 11.9. The van der Waals surface area contributed by atoms with E-state index >= 15 is 0 Å². The van der Waals surface area contributed by atoms with Gasteiger partial charge in [-0.2, -0.15) is 5.26 Å². The second kappa shape index (κ2) is 4.99. The van der Waals surface area contributed by atoms with E-state index in [1.807, 2.05) is 12.1 Å². The van der Waals surface area contributed by atoms with Gasteiger partial charge in [-0.3, -0.25) is 4.90 Å². The van der Waals surface area contributed by atoms with E-state index in [2.05, 4.69) is 11.0 Å². The molecule has 1 aromatic rings. The third-order valence-electron chi connectivity index (χ3n) is 4.75. The summed E-state index contributed by atoms with van der Waals surface area (Å²) in [4.78, 5) is 2.19. The highest BCUT2D eigenvalue weighted by Crippen LogP contribution is 2.48. The van der Waals surface area contributed by atoms with E-state index in [1.54, 1.807) is 7.11 Å². The SMILES string of the molecule is COc1cc2c(cc1O)CN(CC#N)CC21CCCC1. The van der Waals surface area contributed by atoms with E-state index in [1.165, 1.54) is 18.4 Å². The number of rotatable bonds is 2. The van der Waals surface area contributed by atoms with Gasteiger partial charge in [0.1, 0.15) is 0 Å². The molecule has 1 aliphatic carbocycles. The van der Waals surface area contributed by atoms with Crippen molar-refractivity contribution in [3.63, 3.8) is 0 Å². The Morgan fingerprint density at radius 2 is 2.15 bits per heavy atom. The molecule has 3 rings (SSSR count). The van der Waals surface area contributed by atoms with Crippen molar-refractivity contribution in [3.8, 4) is 17.6 Å². The predicted molar refractivity (Wildman–Crippen MR) is 75.7 cm³/mol. The summed E-state index contributed by atoms with van der Waals surface area (Å²) in [6, 6.07) is 6.08. The minimum absolute atomic E-state index is 0.144. The molecular weight excluding hydrogens is 252 g/mol. The van der Waals surface area contributed by atoms with Crippen LogP contribution in [-0.2, 0) is 12.0 Å². The fourth-order valence-corrected chi connectivity index (χ4v) is 3.90. The second-order valence-electron chi connectivity index (χ2n) is 5.97. The standard InChI is InChI=1S/C16H20N2O2/c1-20-15-9-13-12(8-14(15)19)10-18(7-6-17)11-16(13)4-2-3-5-16/h8-9,19H,2-5,7,10-11H2,1H3. The highest BCUT2D eigenvalue weighted by Gasteiger charge is 2.42. The molecule has 4 heteroatoms. The van der Waals surface area contributed by atoms with Crippen LogP contribution in [0.25, 0.3) is 0 Å². The molecule has 106 valence electrons. The van der Waals surface area contributed by atoms with E-state index in [0.717, 1.165) is 31.5 Å². The van der Waals surface area contributed by atoms with Gasteiger partial charge < -0.3 is 9.84 Å². The summed E-state index contributed by atoms with van der Waals surface area (Å²) in [5.41, 5.74) is 2.61. The topological polar surface area (TPSA) is 56.5 Å². The van der Waals surface area contributed by atoms with Crippen molar-refractivity contribution in [2.24, 2.45) is 0 Å². The number of ether oxygens (including phenoxy) is 1. The van der Waals surface area contributed by atoms with Crippen LogP contribution < -0.4 is 4.74 Å². The number of aromatic hydroxyl groups is 1. The summed E-state index contributed by atoms with van der Waals surface area (Å²) in [5, 5.41) is 19.0. The molecule has 1 fully saturated rings. The Morgan fingerprint density at radius 1 is 1.40 bits per heavy atom. The maximum Gasteiger partial charge on any atom is 0.160 e. The molecule has 1 aliphatic heterocycles. The summed E-state index contributed by atoms with van der Waals surface area (Å²) >= 11 is 0. The molecule has 0 unspecified atom stereocenters. The van der Waals surface area contributed by atoms with E-state index in [9.17, 15) is 5.11 Å². The van der Waals surface area contributed by atoms with Crippen molar-refractivity contribution >= 4 is 0 Å². The largest absolute Gasteiger partial charge is 0.504 e. The fourth-order valence-electron chi connectivity index (χ4n) is 3.90. The molecule has 1 N–H and O–H groups in total. The van der Waals surface area contributed by atoms with Crippen LogP contribution in [0.1, 0.15) is 36.8 Å². The van der Waals surface area contributed by atoms with Crippen LogP contribution >= 0.6 is 0 Å². The Morgan fingerprint density at radius 3 is 2.80 bits per heavy atom. The molecule has 0 bridgehead atoms. The van der Waals surface area contributed by atoms with Crippen LogP contribution in [0.3, 0.4) is 0 Å². The van der Waals surface area contributed by atoms with Crippen LogP contribution in [-0.4, -0.2) is 30.2 Å². The van der Waals surface area contributed by atoms with Crippen molar-refractivity contribution in [1.29, 1.82) is 5.26 Å². The number of phenols is 1. The van der Waals surface area contributed by atoms with Crippen molar-refractivity contribution in [1.82, 2.24) is 4.90 Å². The average Bonchev–Trinajstić information content (AvgIpc) is 2.87. The molecule has 1 spiro atoms. The first kappa shape index (κ1) is 13.3. The molecule has 0 atom stereocenters. The first-order valence-corrected chi connectivity index (χ1v) is 7.18. The Labute approximate surface area is 119 Å². The minimum Gasteiger partial charge on any atom is -0.504 e. The van der Waals surface area contributed by atoms with E-state index in [-0.39, 0.29) is 11.2 Å². The van der Waals surface area contributed by atoms with Gasteiger partial charge in [0, 0.05) is 18.5 Å². The highest BCUT2D eigenvalue weighted by atomic mass is 16.5. The number of methoxy groups -OCH3 is 1. The summed E-state index contributed by atoms with van der Waals surface area (Å²) in [6.07, 6.45) is 4.80. The van der Waals surface area contributed by atoms with Crippen molar-refractivity contribution in [2.75, 3.05) is 20.2 Å². The molecule has 1 aromatic carbocycles. The van der Waals surface area contributed by atoms with Gasteiger partial charge in [0.25, 0.3) is 0 Å². The molecule has 20 heavy (non-hydrogen) atoms. The molecule has 0 amide bonds. The Balaban J connectivity index is 2.07. The quantitative estimate of drug-likeness (QED) is 0.841. The van der Waals surface area contributed by atoms with E-state index < -0.39 is 0 Å². The summed E-state index contributed by atoms with van der Waals surface area (Å²) in [6.45, 7) is 2.14. The Bertz CT molecular complexity index is 556. The third kappa shape index (κ3) is 2.03. The number of nitriles is 1. The zero-order chi connectivity index (χ0) is 14.2. The molecular formula is C16H20N2O2. The highest BCUT2D eigenvalue weighted by molar-refractivity contribution is 5.50. The monoisotopic (exact) mass is 272 g/mol. The number of hydrogen-bond donors (Lipinski definition) is 1. The summed E-state index contributed by atoms with van der Waals surface area (Å²) < 4.78 is 5.27. The van der Waals surface area contributed by atoms with Gasteiger partial charge >= 0.3 is 0 Å². The number of benzene rings is 1. The number of hydrogen-bond acceptors (Lipinski definition) is 4. The molecule has 1 heterocycles. The first-order valence-electron chi connectivity index (χ1n) is 7.18. The smallest absolute Gasteiger partial charge is 0.160 e. The minimum atomic E-state index is 0.144. The molecule has 2 aliphatic rings. The predicted octanol–water partition coefficient (Wildman–Crippen LogP) is 2.55. The van der Waals surface area contributed by atoms with Crippen molar-refractivity contribution in [2.45, 2.75) is 37.6 Å². The number of fused-ring (bicyclic) bond motifs is 2. The van der Waals surface area contributed by atoms with Crippen LogP contribution in [0.5, 0.6) is 11.5 Å². The number of nitrogens with zero attached hydrogens (tertiary/aromatic N) is 2. The Hall–Kier alpha value is -1.73. The molecule has 0 saturated heterocycles. The summed E-state index contributed by atoms with van der Waals surface area (Å²) in [7, 11) is 1.59. The lowest BCUT2D eigenvalue weighted by Gasteiger charge is -2.41. The van der Waals surface area contributed by atoms with Crippen LogP contribution in [0.2, 0.25) is 0 Å². The lowest BCUT2D eigenvalue weighted by molar-refractivity contribution is 0.194. The van der Waals surface area contributed by atoms with Crippen LogP contribution in [0.4, 0.5) is 0 Å². The van der Waals surface area contributed by atoms with Crippen molar-refractivity contribution in [3.05, 3.63) is 23.3 Å². The zero-order valence-corrected chi connectivity index (χ0v) is 11.9. The lowest BCUT2D eigenvalue weighted by Crippen LogP contribution is -2.44. The molecule has 4 nitrogen and oxygen atoms in total. The average molecular weight is 272 g/mol. The van der Waals surface area contributed by atoms with Crippen LogP contribution in [0, 0.1) is 11.3 Å². The normalized spacial score (nSPS) is 20.6. The summed E-state index contributed by atoms with van der Waals surface area (Å²) in [5.74, 6) is 0.752. The van der Waals surface area contributed by atoms with Gasteiger partial charge in [0.05, 0.1) is 19.7 Å². The Kier molecular flexibility index (Phi) is 3.31. The fraction of sp³-hybridized carbons (Fsp3) is 0.562. The lowest BCUT2D eigenvalue weighted by atomic mass is 9.73. The second-order valence-corrected chi connectivity index (χ2v) is 5.97. The maximum absolute atomic E-state index is 10.0. The van der Waals surface area contributed by atoms with E-state index in [0.29, 0.717) is 12.3 Å². The molecule has 0 radical (unpaired) electrons.